The highest BCUT2D eigenvalue weighted by molar-refractivity contribution is 5.97. The summed E-state index contributed by atoms with van der Waals surface area (Å²) >= 11 is 0. The lowest BCUT2D eigenvalue weighted by Crippen LogP contribution is -2.37. The standard InChI is InChI=1S/C29H37N3O3/c1-20-7-6-8-21(2)27(20)29(34)32-17-24-15-31(16-25(24)18-32)13-11-26(22-9-4-3-5-10-22)30-28(33)23-12-14-35-19-23/h3-10,23-26H,11-19H2,1-2H3,(H,30,33)/t23?,24-,25?,26-/m0/s1. The third-order valence-electron chi connectivity index (χ3n) is 8.10. The molecular weight excluding hydrogens is 438 g/mol. The predicted octanol–water partition coefficient (Wildman–Crippen LogP) is 3.59. The number of rotatable bonds is 7. The van der Waals surface area contributed by atoms with E-state index in [1.807, 2.05) is 50.2 Å². The van der Waals surface area contributed by atoms with E-state index in [9.17, 15) is 9.59 Å². The highest BCUT2D eigenvalue weighted by Crippen LogP contribution is 2.33. The van der Waals surface area contributed by atoms with Gasteiger partial charge in [0.05, 0.1) is 18.6 Å². The summed E-state index contributed by atoms with van der Waals surface area (Å²) in [5, 5.41) is 3.30. The Morgan fingerprint density at radius 2 is 1.66 bits per heavy atom. The lowest BCUT2D eigenvalue weighted by atomic mass is 10.0. The Labute approximate surface area is 208 Å². The van der Waals surface area contributed by atoms with Crippen LogP contribution >= 0.6 is 0 Å². The second-order valence-corrected chi connectivity index (χ2v) is 10.6. The second-order valence-electron chi connectivity index (χ2n) is 10.6. The van der Waals surface area contributed by atoms with Gasteiger partial charge in [0, 0.05) is 44.9 Å². The predicted molar refractivity (Wildman–Crippen MR) is 136 cm³/mol. The number of carbonyl (C=O) groups is 2. The molecule has 3 aliphatic rings. The zero-order valence-corrected chi connectivity index (χ0v) is 20.9. The van der Waals surface area contributed by atoms with Crippen LogP contribution in [0.2, 0.25) is 0 Å². The highest BCUT2D eigenvalue weighted by Gasteiger charge is 2.42. The first kappa shape index (κ1) is 24.0. The van der Waals surface area contributed by atoms with Gasteiger partial charge in [-0.3, -0.25) is 9.59 Å². The number of benzene rings is 2. The molecule has 5 rings (SSSR count). The smallest absolute Gasteiger partial charge is 0.254 e. The molecule has 2 amide bonds. The van der Waals surface area contributed by atoms with E-state index in [2.05, 4.69) is 27.2 Å². The lowest BCUT2D eigenvalue weighted by molar-refractivity contribution is -0.125. The molecule has 6 heteroatoms. The number of ether oxygens (including phenoxy) is 1. The van der Waals surface area contributed by atoms with Gasteiger partial charge in [0.1, 0.15) is 0 Å². The molecule has 35 heavy (non-hydrogen) atoms. The first-order valence-electron chi connectivity index (χ1n) is 13.0. The molecule has 3 aliphatic heterocycles. The zero-order chi connectivity index (χ0) is 24.4. The molecule has 0 saturated carbocycles. The van der Waals surface area contributed by atoms with E-state index in [0.29, 0.717) is 25.0 Å². The summed E-state index contributed by atoms with van der Waals surface area (Å²) in [4.78, 5) is 30.6. The molecule has 3 saturated heterocycles. The molecule has 2 aromatic carbocycles. The molecule has 3 fully saturated rings. The third kappa shape index (κ3) is 5.29. The van der Waals surface area contributed by atoms with Crippen molar-refractivity contribution < 1.29 is 14.3 Å². The van der Waals surface area contributed by atoms with E-state index >= 15 is 0 Å². The lowest BCUT2D eigenvalue weighted by Gasteiger charge is -2.26. The Kier molecular flexibility index (Phi) is 7.21. The van der Waals surface area contributed by atoms with Gasteiger partial charge in [-0.25, -0.2) is 0 Å². The summed E-state index contributed by atoms with van der Waals surface area (Å²) in [7, 11) is 0. The Morgan fingerprint density at radius 3 is 2.29 bits per heavy atom. The molecule has 6 nitrogen and oxygen atoms in total. The van der Waals surface area contributed by atoms with Crippen LogP contribution in [-0.4, -0.2) is 67.6 Å². The average Bonchev–Trinajstić information content (AvgIpc) is 3.59. The Balaban J connectivity index is 1.17. The van der Waals surface area contributed by atoms with E-state index in [4.69, 9.17) is 4.74 Å². The topological polar surface area (TPSA) is 61.9 Å². The minimum absolute atomic E-state index is 0.00634. The number of nitrogens with one attached hydrogen (secondary N) is 1. The van der Waals surface area contributed by atoms with Gasteiger partial charge in [-0.05, 0) is 55.2 Å². The van der Waals surface area contributed by atoms with Crippen LogP contribution in [0.3, 0.4) is 0 Å². The van der Waals surface area contributed by atoms with Crippen LogP contribution in [0.5, 0.6) is 0 Å². The molecule has 186 valence electrons. The van der Waals surface area contributed by atoms with Crippen LogP contribution in [0.15, 0.2) is 48.5 Å². The van der Waals surface area contributed by atoms with Gasteiger partial charge < -0.3 is 19.9 Å². The average molecular weight is 476 g/mol. The molecule has 2 aromatic rings. The van der Waals surface area contributed by atoms with Crippen molar-refractivity contribution in [2.45, 2.75) is 32.7 Å². The number of hydrogen-bond acceptors (Lipinski definition) is 4. The fraction of sp³-hybridized carbons (Fsp3) is 0.517. The molecular formula is C29H37N3O3. The van der Waals surface area contributed by atoms with Crippen molar-refractivity contribution >= 4 is 11.8 Å². The summed E-state index contributed by atoms with van der Waals surface area (Å²) < 4.78 is 5.42. The Hall–Kier alpha value is -2.70. The minimum Gasteiger partial charge on any atom is -0.381 e. The quantitative estimate of drug-likeness (QED) is 0.665. The number of amides is 2. The van der Waals surface area contributed by atoms with Crippen LogP contribution in [0.4, 0.5) is 0 Å². The number of fused-ring (bicyclic) bond motifs is 1. The summed E-state index contributed by atoms with van der Waals surface area (Å²) in [6, 6.07) is 16.4. The van der Waals surface area contributed by atoms with Crippen molar-refractivity contribution in [3.63, 3.8) is 0 Å². The van der Waals surface area contributed by atoms with Gasteiger partial charge in [-0.2, -0.15) is 0 Å². The number of nitrogens with zero attached hydrogens (tertiary/aromatic N) is 2. The molecule has 0 radical (unpaired) electrons. The van der Waals surface area contributed by atoms with Crippen LogP contribution in [-0.2, 0) is 9.53 Å². The van der Waals surface area contributed by atoms with Crippen molar-refractivity contribution in [3.05, 3.63) is 70.8 Å². The van der Waals surface area contributed by atoms with Gasteiger partial charge >= 0.3 is 0 Å². The van der Waals surface area contributed by atoms with Crippen molar-refractivity contribution in [2.75, 3.05) is 45.9 Å². The van der Waals surface area contributed by atoms with E-state index in [1.165, 1.54) is 0 Å². The zero-order valence-electron chi connectivity index (χ0n) is 20.9. The van der Waals surface area contributed by atoms with E-state index < -0.39 is 0 Å². The molecule has 0 bridgehead atoms. The largest absolute Gasteiger partial charge is 0.381 e. The molecule has 0 spiro atoms. The fourth-order valence-corrected chi connectivity index (χ4v) is 6.10. The molecule has 2 unspecified atom stereocenters. The first-order chi connectivity index (χ1) is 17.0. The maximum Gasteiger partial charge on any atom is 0.254 e. The van der Waals surface area contributed by atoms with Crippen LogP contribution < -0.4 is 5.32 Å². The fourth-order valence-electron chi connectivity index (χ4n) is 6.10. The first-order valence-corrected chi connectivity index (χ1v) is 13.0. The van der Waals surface area contributed by atoms with Crippen LogP contribution in [0, 0.1) is 31.6 Å². The maximum absolute atomic E-state index is 13.2. The number of carbonyl (C=O) groups excluding carboxylic acids is 2. The van der Waals surface area contributed by atoms with Crippen LogP contribution in [0.1, 0.15) is 45.9 Å². The van der Waals surface area contributed by atoms with Crippen molar-refractivity contribution in [1.82, 2.24) is 15.1 Å². The summed E-state index contributed by atoms with van der Waals surface area (Å²) in [5.41, 5.74) is 4.15. The molecule has 0 aliphatic carbocycles. The van der Waals surface area contributed by atoms with Gasteiger partial charge in [0.15, 0.2) is 0 Å². The number of likely N-dealkylation sites (tertiary alicyclic amines) is 2. The minimum atomic E-state index is -0.0345. The van der Waals surface area contributed by atoms with Gasteiger partial charge in [-0.15, -0.1) is 0 Å². The van der Waals surface area contributed by atoms with Crippen molar-refractivity contribution in [1.29, 1.82) is 0 Å². The maximum atomic E-state index is 13.2. The van der Waals surface area contributed by atoms with E-state index in [-0.39, 0.29) is 23.8 Å². The second kappa shape index (κ2) is 10.5. The van der Waals surface area contributed by atoms with Gasteiger partial charge in [-0.1, -0.05) is 48.5 Å². The van der Waals surface area contributed by atoms with E-state index in [0.717, 1.165) is 67.8 Å². The Morgan fingerprint density at radius 1 is 0.971 bits per heavy atom. The van der Waals surface area contributed by atoms with E-state index in [1.54, 1.807) is 0 Å². The molecule has 0 aromatic heterocycles. The summed E-state index contributed by atoms with van der Waals surface area (Å²) in [6.07, 6.45) is 1.69. The van der Waals surface area contributed by atoms with Gasteiger partial charge in [0.25, 0.3) is 5.91 Å². The molecule has 1 N–H and O–H groups in total. The SMILES string of the molecule is Cc1cccc(C)c1C(=O)N1CC2CN(CC[C@H](NC(=O)C3CCOC3)c3ccccc3)C[C@H]2C1. The highest BCUT2D eigenvalue weighted by atomic mass is 16.5. The Bertz CT molecular complexity index is 1020. The molecule has 3 heterocycles. The molecule has 4 atom stereocenters. The summed E-state index contributed by atoms with van der Waals surface area (Å²) in [6.45, 7) is 9.93. The summed E-state index contributed by atoms with van der Waals surface area (Å²) in [5.74, 6) is 1.32. The normalized spacial score (nSPS) is 25.0. The third-order valence-corrected chi connectivity index (χ3v) is 8.10. The van der Waals surface area contributed by atoms with Crippen molar-refractivity contribution in [2.24, 2.45) is 17.8 Å². The van der Waals surface area contributed by atoms with Crippen molar-refractivity contribution in [3.8, 4) is 0 Å². The van der Waals surface area contributed by atoms with Gasteiger partial charge in [0.2, 0.25) is 5.91 Å². The number of hydrogen-bond donors (Lipinski definition) is 1. The monoisotopic (exact) mass is 475 g/mol. The van der Waals surface area contributed by atoms with Crippen LogP contribution in [0.25, 0.3) is 0 Å². The number of aryl methyl sites for hydroxylation is 2.